The van der Waals surface area contributed by atoms with Gasteiger partial charge in [0.2, 0.25) is 0 Å². The molecule has 46 heavy (non-hydrogen) atoms. The van der Waals surface area contributed by atoms with Gasteiger partial charge in [0, 0.05) is 54.0 Å². The second-order valence-electron chi connectivity index (χ2n) is 11.5. The molecule has 1 aromatic carbocycles. The van der Waals surface area contributed by atoms with Crippen LogP contribution in [0.15, 0.2) is 41.0 Å². The van der Waals surface area contributed by atoms with E-state index in [-0.39, 0.29) is 58.4 Å². The lowest BCUT2D eigenvalue weighted by molar-refractivity contribution is -0.145. The molecule has 2 atom stereocenters. The third-order valence-electron chi connectivity index (χ3n) is 7.36. The Labute approximate surface area is 279 Å². The minimum Gasteiger partial charge on any atom is -0.482 e. The highest BCUT2D eigenvalue weighted by molar-refractivity contribution is 6.58. The highest BCUT2D eigenvalue weighted by atomic mass is 35.5. The number of aromatic nitrogens is 3. The first-order valence-electron chi connectivity index (χ1n) is 14.2. The van der Waals surface area contributed by atoms with E-state index >= 15 is 0 Å². The number of carbonyl (C=O) groups excluding carboxylic acids is 1. The van der Waals surface area contributed by atoms with E-state index < -0.39 is 34.3 Å². The third-order valence-corrected chi connectivity index (χ3v) is 7.62. The summed E-state index contributed by atoms with van der Waals surface area (Å²) < 4.78 is 27.7. The Morgan fingerprint density at radius 1 is 1.33 bits per heavy atom. The van der Waals surface area contributed by atoms with Crippen LogP contribution < -0.4 is 21.5 Å². The molecule has 10 nitrogen and oxygen atoms in total. The lowest BCUT2D eigenvalue weighted by atomic mass is 9.42. The molecule has 17 heteroatoms. The molecule has 4 rings (SSSR count). The van der Waals surface area contributed by atoms with Crippen LogP contribution >= 0.6 is 11.6 Å². The van der Waals surface area contributed by atoms with Crippen LogP contribution in [-0.4, -0.2) is 86.0 Å². The summed E-state index contributed by atoms with van der Waals surface area (Å²) in [6, 6.07) is 4.79. The Kier molecular flexibility index (Phi) is 10.4. The minimum absolute atomic E-state index is 0.0794. The molecule has 1 aliphatic rings. The number of ether oxygens (including phenoxy) is 2. The Balaban J connectivity index is 1.99. The quantitative estimate of drug-likeness (QED) is 0.149. The van der Waals surface area contributed by atoms with Crippen LogP contribution in [0.3, 0.4) is 0 Å². The number of rotatable bonds is 8. The topological polar surface area (TPSA) is 143 Å². The summed E-state index contributed by atoms with van der Waals surface area (Å²) in [5, 5.41) is 3.55. The van der Waals surface area contributed by atoms with Crippen molar-refractivity contribution in [3.8, 4) is 17.0 Å². The third kappa shape index (κ3) is 7.33. The van der Waals surface area contributed by atoms with Crippen molar-refractivity contribution in [2.24, 2.45) is 22.4 Å². The van der Waals surface area contributed by atoms with Crippen molar-refractivity contribution in [2.45, 2.75) is 49.8 Å². The number of anilines is 1. The number of carbonyl (C=O) groups is 1. The van der Waals surface area contributed by atoms with Gasteiger partial charge in [0.25, 0.3) is 0 Å². The Hall–Kier alpha value is -3.64. The zero-order chi connectivity index (χ0) is 34.1. The number of esters is 1. The predicted octanol–water partition coefficient (Wildman–Crippen LogP) is 2.23. The standard InChI is InChI=1S/C29H30B5ClFN7O3/c1-13(2)22(37)27(44)45-12-41-26-20-7-15(9-40-26)24-21(25(35)42-43(24)11-28(30,31)32)29(33,34)19(10-39-4)23(38)17-6-5-16(36)8-18(17)14(3)46-20/h5-10,13-14,22H,11-12,37-38H2,1-4H3,(H,40,41)/b23-19+,39-10?/t14-,22?/m1/s1. The van der Waals surface area contributed by atoms with E-state index in [0.717, 1.165) is 0 Å². The molecule has 2 bridgehead atoms. The molecular weight excluding hydrogens is 603 g/mol. The number of fused-ring (bicyclic) bond motifs is 5. The van der Waals surface area contributed by atoms with Gasteiger partial charge in [0.15, 0.2) is 23.5 Å². The predicted molar refractivity (Wildman–Crippen MR) is 182 cm³/mol. The van der Waals surface area contributed by atoms with Crippen LogP contribution in [0, 0.1) is 11.7 Å². The minimum atomic E-state index is -1.94. The van der Waals surface area contributed by atoms with Crippen LogP contribution in [0.5, 0.6) is 5.75 Å². The van der Waals surface area contributed by atoms with E-state index in [0.29, 0.717) is 16.7 Å². The maximum atomic E-state index is 14.7. The molecule has 5 N–H and O–H groups in total. The lowest BCUT2D eigenvalue weighted by Gasteiger charge is -2.32. The Morgan fingerprint density at radius 3 is 2.65 bits per heavy atom. The fourth-order valence-electron chi connectivity index (χ4n) is 4.98. The summed E-state index contributed by atoms with van der Waals surface area (Å²) in [4.78, 5) is 21.0. The smallest absolute Gasteiger partial charge is 0.324 e. The van der Waals surface area contributed by atoms with E-state index in [2.05, 4.69) is 20.4 Å². The number of nitrogens with one attached hydrogen (secondary N) is 1. The molecule has 0 fully saturated rings. The van der Waals surface area contributed by atoms with E-state index in [1.807, 2.05) is 0 Å². The maximum absolute atomic E-state index is 14.7. The first-order valence-corrected chi connectivity index (χ1v) is 14.6. The van der Waals surface area contributed by atoms with Crippen molar-refractivity contribution >= 4 is 74.5 Å². The molecule has 3 heterocycles. The fraction of sp³-hybridized carbons (Fsp3) is 0.379. The van der Waals surface area contributed by atoms with Gasteiger partial charge in [0.05, 0.1) is 44.9 Å². The average molecular weight is 633 g/mol. The van der Waals surface area contributed by atoms with Gasteiger partial charge < -0.3 is 26.3 Å². The molecule has 2 aromatic heterocycles. The van der Waals surface area contributed by atoms with E-state index in [4.69, 9.17) is 71.8 Å². The summed E-state index contributed by atoms with van der Waals surface area (Å²) in [6.45, 7) is 4.79. The zero-order valence-corrected chi connectivity index (χ0v) is 26.7. The monoisotopic (exact) mass is 633 g/mol. The highest BCUT2D eigenvalue weighted by Crippen LogP contribution is 2.44. The van der Waals surface area contributed by atoms with Gasteiger partial charge in [-0.05, 0) is 47.9 Å². The molecule has 1 unspecified atom stereocenters. The Morgan fingerprint density at radius 2 is 2.02 bits per heavy atom. The molecule has 10 radical (unpaired) electrons. The van der Waals surface area contributed by atoms with E-state index in [1.54, 1.807) is 26.8 Å². The van der Waals surface area contributed by atoms with Crippen molar-refractivity contribution in [3.63, 3.8) is 0 Å². The normalized spacial score (nSPS) is 18.6. The van der Waals surface area contributed by atoms with Gasteiger partial charge in [-0.15, -0.1) is 5.11 Å². The van der Waals surface area contributed by atoms with E-state index in [9.17, 15) is 9.18 Å². The summed E-state index contributed by atoms with van der Waals surface area (Å²) in [5.74, 6) is -0.932. The van der Waals surface area contributed by atoms with Gasteiger partial charge in [-0.2, -0.15) is 5.10 Å². The van der Waals surface area contributed by atoms with Crippen molar-refractivity contribution in [3.05, 3.63) is 63.7 Å². The maximum Gasteiger partial charge on any atom is 0.324 e. The molecule has 3 aromatic rings. The number of pyridine rings is 1. The average Bonchev–Trinajstić information content (AvgIpc) is 3.29. The van der Waals surface area contributed by atoms with Gasteiger partial charge in [-0.25, -0.2) is 9.37 Å². The number of aliphatic imine (C=N–C) groups is 1. The fourth-order valence-corrected chi connectivity index (χ4v) is 5.32. The molecular formula is C29H30B5ClFN7O3. The number of benzene rings is 1. The van der Waals surface area contributed by atoms with Crippen molar-refractivity contribution in [1.29, 1.82) is 0 Å². The summed E-state index contributed by atoms with van der Waals surface area (Å²) in [5.41, 5.74) is 14.3. The summed E-state index contributed by atoms with van der Waals surface area (Å²) in [6.07, 6.45) is 2.02. The molecule has 0 aliphatic carbocycles. The van der Waals surface area contributed by atoms with Crippen LogP contribution in [0.2, 0.25) is 10.3 Å². The van der Waals surface area contributed by atoms with Gasteiger partial charge in [-0.3, -0.25) is 14.5 Å². The van der Waals surface area contributed by atoms with Crippen molar-refractivity contribution in [2.75, 3.05) is 19.1 Å². The lowest BCUT2D eigenvalue weighted by Crippen LogP contribution is -2.37. The Bertz CT molecular complexity index is 1690. The highest BCUT2D eigenvalue weighted by Gasteiger charge is 2.36. The molecule has 0 amide bonds. The van der Waals surface area contributed by atoms with Crippen LogP contribution in [0.25, 0.3) is 17.0 Å². The first kappa shape index (κ1) is 35.2. The molecule has 0 spiro atoms. The number of hydrogen-bond acceptors (Lipinski definition) is 9. The van der Waals surface area contributed by atoms with E-state index in [1.165, 1.54) is 42.3 Å². The molecule has 0 saturated carbocycles. The molecule has 0 saturated heterocycles. The number of allylic oxidation sites excluding steroid dienone is 1. The number of nitrogens with zero attached hydrogens (tertiary/aromatic N) is 4. The zero-order valence-electron chi connectivity index (χ0n) is 25.9. The van der Waals surface area contributed by atoms with Crippen molar-refractivity contribution < 1.29 is 18.7 Å². The second kappa shape index (κ2) is 13.6. The largest absolute Gasteiger partial charge is 0.482 e. The second-order valence-corrected chi connectivity index (χ2v) is 11.8. The number of nitrogens with two attached hydrogens (primary N) is 2. The molecule has 228 valence electrons. The first-order chi connectivity index (χ1) is 21.5. The SMILES string of the molecule is [B]C([B])([B])Cn1nc(Cl)c2c1-c1cnc(NCOC(=O)C(N)C(C)C)c(c1)O[C@H](C)c1cc(F)ccc1/C(N)=C(/C=NC)C2([B])[B]. The summed E-state index contributed by atoms with van der Waals surface area (Å²) >= 11 is 6.72. The number of halogens is 2. The van der Waals surface area contributed by atoms with Crippen molar-refractivity contribution in [1.82, 2.24) is 14.8 Å². The van der Waals surface area contributed by atoms with Gasteiger partial charge in [0.1, 0.15) is 18.0 Å². The number of hydrogen-bond donors (Lipinski definition) is 3. The van der Waals surface area contributed by atoms with Gasteiger partial charge in [-0.1, -0.05) is 25.4 Å². The molecule has 1 aliphatic heterocycles. The van der Waals surface area contributed by atoms with Crippen LogP contribution in [-0.2, 0) is 21.3 Å². The summed E-state index contributed by atoms with van der Waals surface area (Å²) in [7, 11) is 33.2. The van der Waals surface area contributed by atoms with Crippen LogP contribution in [0.1, 0.15) is 43.6 Å². The van der Waals surface area contributed by atoms with Crippen LogP contribution in [0.4, 0.5) is 10.2 Å². The van der Waals surface area contributed by atoms with Gasteiger partial charge >= 0.3 is 5.97 Å².